The highest BCUT2D eigenvalue weighted by molar-refractivity contribution is 5.69. The monoisotopic (exact) mass is 442 g/mol. The quantitative estimate of drug-likeness (QED) is 0.478. The lowest BCUT2D eigenvalue weighted by Gasteiger charge is -2.23. The van der Waals surface area contributed by atoms with Crippen molar-refractivity contribution in [2.75, 3.05) is 40.0 Å². The fourth-order valence-corrected chi connectivity index (χ4v) is 3.51. The summed E-state index contributed by atoms with van der Waals surface area (Å²) in [6.45, 7) is 5.27. The van der Waals surface area contributed by atoms with Gasteiger partial charge in [-0.1, -0.05) is 30.3 Å². The van der Waals surface area contributed by atoms with Crippen LogP contribution < -0.4 is 22.0 Å². The molecule has 1 aromatic heterocycles. The predicted molar refractivity (Wildman–Crippen MR) is 115 cm³/mol. The first-order valence-electron chi connectivity index (χ1n) is 10.2. The van der Waals surface area contributed by atoms with Gasteiger partial charge in [-0.2, -0.15) is 5.10 Å². The van der Waals surface area contributed by atoms with E-state index >= 15 is 0 Å². The number of hydrogen-bond acceptors (Lipinski definition) is 5. The highest BCUT2D eigenvalue weighted by Crippen LogP contribution is 2.27. The zero-order valence-electron chi connectivity index (χ0n) is 17.5. The summed E-state index contributed by atoms with van der Waals surface area (Å²) in [5.74, 6) is 2.31. The Bertz CT molecular complexity index is 998. The molecule has 0 saturated carbocycles. The Balaban J connectivity index is 0.00000272. The Labute approximate surface area is 188 Å². The number of rotatable bonds is 7. The molecule has 2 heterocycles. The number of phenols is 1. The molecule has 0 radical (unpaired) electrons. The second-order valence-corrected chi connectivity index (χ2v) is 7.25. The van der Waals surface area contributed by atoms with E-state index in [0.717, 1.165) is 50.7 Å². The van der Waals surface area contributed by atoms with Crippen LogP contribution in [0.5, 0.6) is 11.5 Å². The van der Waals surface area contributed by atoms with Crippen LogP contribution in [0.4, 0.5) is 0 Å². The van der Waals surface area contributed by atoms with Gasteiger partial charge >= 0.3 is 0 Å². The average molecular weight is 443 g/mol. The SMILES string of the molecule is COc1ccc(/C=C/c2nc(-c3ccccc3O)n(CC[NH+]3CCOCC3)n2)cc1.[Cl-]. The van der Waals surface area contributed by atoms with Gasteiger partial charge in [0, 0.05) is 0 Å². The summed E-state index contributed by atoms with van der Waals surface area (Å²) < 4.78 is 12.5. The molecule has 2 N–H and O–H groups in total. The van der Waals surface area contributed by atoms with Crippen LogP contribution in [0.15, 0.2) is 48.5 Å². The molecule has 1 aliphatic heterocycles. The van der Waals surface area contributed by atoms with Gasteiger partial charge in [0.1, 0.15) is 24.6 Å². The van der Waals surface area contributed by atoms with E-state index in [-0.39, 0.29) is 18.2 Å². The molecule has 1 aliphatic rings. The number of nitrogens with one attached hydrogen (secondary N) is 1. The lowest BCUT2D eigenvalue weighted by Crippen LogP contribution is -3.14. The Hall–Kier alpha value is -2.87. The second-order valence-electron chi connectivity index (χ2n) is 7.25. The van der Waals surface area contributed by atoms with Crippen molar-refractivity contribution < 1.29 is 31.9 Å². The molecule has 7 nitrogen and oxygen atoms in total. The number of nitrogens with zero attached hydrogens (tertiary/aromatic N) is 3. The van der Waals surface area contributed by atoms with Crippen LogP contribution in [0.3, 0.4) is 0 Å². The van der Waals surface area contributed by atoms with E-state index in [2.05, 4.69) is 0 Å². The molecule has 1 saturated heterocycles. The highest BCUT2D eigenvalue weighted by atomic mass is 35.5. The third-order valence-electron chi connectivity index (χ3n) is 5.25. The molecule has 2 aromatic carbocycles. The molecule has 1 fully saturated rings. The van der Waals surface area contributed by atoms with Gasteiger partial charge in [-0.3, -0.25) is 0 Å². The van der Waals surface area contributed by atoms with E-state index in [0.29, 0.717) is 17.2 Å². The second kappa shape index (κ2) is 10.9. The number of methoxy groups -OCH3 is 1. The van der Waals surface area contributed by atoms with Crippen LogP contribution in [-0.4, -0.2) is 59.8 Å². The summed E-state index contributed by atoms with van der Waals surface area (Å²) in [7, 11) is 1.65. The molecular formula is C23H27ClN4O3. The number of quaternary nitrogens is 1. The Kier molecular flexibility index (Phi) is 8.06. The molecule has 3 aromatic rings. The highest BCUT2D eigenvalue weighted by Gasteiger charge is 2.18. The van der Waals surface area contributed by atoms with Gasteiger partial charge in [-0.15, -0.1) is 0 Å². The van der Waals surface area contributed by atoms with Crippen molar-refractivity contribution in [1.82, 2.24) is 14.8 Å². The van der Waals surface area contributed by atoms with Crippen LogP contribution in [0.2, 0.25) is 0 Å². The normalized spacial score (nSPS) is 14.5. The number of aromatic hydroxyl groups is 1. The molecule has 0 bridgehead atoms. The van der Waals surface area contributed by atoms with Crippen molar-refractivity contribution in [2.45, 2.75) is 6.54 Å². The zero-order chi connectivity index (χ0) is 20.8. The number of phenolic OH excluding ortho intramolecular Hbond substituents is 1. The zero-order valence-corrected chi connectivity index (χ0v) is 18.3. The van der Waals surface area contributed by atoms with Gasteiger partial charge in [-0.25, -0.2) is 9.67 Å². The lowest BCUT2D eigenvalue weighted by atomic mass is 10.2. The molecule has 0 aliphatic carbocycles. The summed E-state index contributed by atoms with van der Waals surface area (Å²) >= 11 is 0. The van der Waals surface area contributed by atoms with E-state index in [1.807, 2.05) is 59.3 Å². The van der Waals surface area contributed by atoms with E-state index in [4.69, 9.17) is 19.6 Å². The van der Waals surface area contributed by atoms with Crippen LogP contribution in [-0.2, 0) is 11.3 Å². The molecule has 4 rings (SSSR count). The van der Waals surface area contributed by atoms with Gasteiger partial charge in [0.15, 0.2) is 11.6 Å². The standard InChI is InChI=1S/C23H26N4O3.ClH/c1-29-19-9-6-18(7-10-19)8-11-22-24-23(20-4-2-3-5-21(20)28)27(25-22)13-12-26-14-16-30-17-15-26;/h2-11,28H,12-17H2,1H3;1H/b11-8+;. The number of hydrogen-bond donors (Lipinski definition) is 2. The van der Waals surface area contributed by atoms with E-state index in [1.165, 1.54) is 4.90 Å². The first-order valence-corrected chi connectivity index (χ1v) is 10.2. The largest absolute Gasteiger partial charge is 1.00 e. The third-order valence-corrected chi connectivity index (χ3v) is 5.25. The number of ether oxygens (including phenoxy) is 2. The van der Waals surface area contributed by atoms with Gasteiger partial charge in [0.05, 0.1) is 39.0 Å². The van der Waals surface area contributed by atoms with Crippen LogP contribution in [0, 0.1) is 0 Å². The summed E-state index contributed by atoms with van der Waals surface area (Å²) in [5, 5.41) is 15.0. The van der Waals surface area contributed by atoms with Gasteiger partial charge < -0.3 is 31.9 Å². The van der Waals surface area contributed by atoms with Crippen LogP contribution >= 0.6 is 0 Å². The number of aromatic nitrogens is 3. The first kappa shape index (κ1) is 22.8. The van der Waals surface area contributed by atoms with Crippen molar-refractivity contribution in [3.8, 4) is 22.9 Å². The third kappa shape index (κ3) is 5.85. The van der Waals surface area contributed by atoms with E-state index < -0.39 is 0 Å². The van der Waals surface area contributed by atoms with Crippen molar-refractivity contribution in [2.24, 2.45) is 0 Å². The minimum atomic E-state index is 0. The average Bonchev–Trinajstić information content (AvgIpc) is 3.20. The topological polar surface area (TPSA) is 73.8 Å². The Morgan fingerprint density at radius 2 is 1.84 bits per heavy atom. The lowest BCUT2D eigenvalue weighted by molar-refractivity contribution is -0.908. The van der Waals surface area contributed by atoms with Gasteiger partial charge in [-0.05, 0) is 35.9 Å². The Morgan fingerprint density at radius 3 is 2.55 bits per heavy atom. The Morgan fingerprint density at radius 1 is 1.10 bits per heavy atom. The van der Waals surface area contributed by atoms with Crippen molar-refractivity contribution in [1.29, 1.82) is 0 Å². The van der Waals surface area contributed by atoms with E-state index in [9.17, 15) is 5.11 Å². The molecule has 0 atom stereocenters. The number of halogens is 1. The molecular weight excluding hydrogens is 416 g/mol. The van der Waals surface area contributed by atoms with Crippen LogP contribution in [0.25, 0.3) is 23.5 Å². The minimum Gasteiger partial charge on any atom is -1.00 e. The summed E-state index contributed by atoms with van der Waals surface area (Å²) in [6.07, 6.45) is 3.87. The van der Waals surface area contributed by atoms with E-state index in [1.54, 1.807) is 13.2 Å². The number of morpholine rings is 1. The maximum Gasteiger partial charge on any atom is 0.174 e. The molecule has 8 heteroatoms. The fourth-order valence-electron chi connectivity index (χ4n) is 3.51. The molecule has 0 unspecified atom stereocenters. The molecule has 31 heavy (non-hydrogen) atoms. The van der Waals surface area contributed by atoms with Crippen molar-refractivity contribution in [3.05, 3.63) is 59.9 Å². The maximum absolute atomic E-state index is 10.3. The van der Waals surface area contributed by atoms with Gasteiger partial charge in [0.2, 0.25) is 0 Å². The first-order chi connectivity index (χ1) is 14.7. The summed E-state index contributed by atoms with van der Waals surface area (Å²) in [5.41, 5.74) is 1.72. The van der Waals surface area contributed by atoms with Crippen molar-refractivity contribution in [3.63, 3.8) is 0 Å². The number of para-hydroxylation sites is 1. The van der Waals surface area contributed by atoms with Crippen molar-refractivity contribution >= 4 is 12.2 Å². The number of benzene rings is 2. The summed E-state index contributed by atoms with van der Waals surface area (Å²) in [4.78, 5) is 6.20. The van der Waals surface area contributed by atoms with Gasteiger partial charge in [0.25, 0.3) is 0 Å². The molecule has 0 amide bonds. The fraction of sp³-hybridized carbons (Fsp3) is 0.304. The minimum absolute atomic E-state index is 0. The smallest absolute Gasteiger partial charge is 0.174 e. The maximum atomic E-state index is 10.3. The molecule has 164 valence electrons. The van der Waals surface area contributed by atoms with Crippen LogP contribution in [0.1, 0.15) is 11.4 Å². The summed E-state index contributed by atoms with van der Waals surface area (Å²) in [6, 6.07) is 15.1. The molecule has 0 spiro atoms. The predicted octanol–water partition coefficient (Wildman–Crippen LogP) is -1.25.